The lowest BCUT2D eigenvalue weighted by atomic mass is 10.4. The number of amidine groups is 1. The van der Waals surface area contributed by atoms with Gasteiger partial charge in [0.2, 0.25) is 0 Å². The van der Waals surface area contributed by atoms with Gasteiger partial charge in [0.25, 0.3) is 0 Å². The summed E-state index contributed by atoms with van der Waals surface area (Å²) in [6.45, 7) is 8.00. The van der Waals surface area contributed by atoms with E-state index in [1.165, 1.54) is 0 Å². The monoisotopic (exact) mass is 134 g/mol. The van der Waals surface area contributed by atoms with Gasteiger partial charge in [0.05, 0.1) is 6.54 Å². The molecule has 1 heterocycles. The van der Waals surface area contributed by atoms with Crippen molar-refractivity contribution in [2.45, 2.75) is 0 Å². The van der Waals surface area contributed by atoms with E-state index in [0.29, 0.717) is 0 Å². The molecule has 0 aromatic rings. The summed E-state index contributed by atoms with van der Waals surface area (Å²) in [6.07, 6.45) is 7.31. The van der Waals surface area contributed by atoms with E-state index in [4.69, 9.17) is 0 Å². The van der Waals surface area contributed by atoms with E-state index < -0.39 is 0 Å². The standard InChI is InChI=1S/C8H10N2/c1-3-8-9-6-5-7-10(8)4-2/h3-5,7H,1-2,6H2. The lowest BCUT2D eigenvalue weighted by Gasteiger charge is -2.17. The molecule has 1 aliphatic rings. The first-order valence-corrected chi connectivity index (χ1v) is 3.13. The molecular weight excluding hydrogens is 124 g/mol. The molecule has 0 fully saturated rings. The maximum atomic E-state index is 4.17. The van der Waals surface area contributed by atoms with Crippen molar-refractivity contribution in [3.8, 4) is 0 Å². The van der Waals surface area contributed by atoms with Crippen LogP contribution in [0.5, 0.6) is 0 Å². The molecule has 0 bridgehead atoms. The molecule has 2 nitrogen and oxygen atoms in total. The minimum Gasteiger partial charge on any atom is -0.310 e. The summed E-state index contributed by atoms with van der Waals surface area (Å²) in [4.78, 5) is 6.00. The molecule has 0 saturated carbocycles. The fourth-order valence-corrected chi connectivity index (χ4v) is 0.789. The van der Waals surface area contributed by atoms with Gasteiger partial charge in [-0.05, 0) is 12.2 Å². The van der Waals surface area contributed by atoms with Crippen molar-refractivity contribution in [2.75, 3.05) is 6.54 Å². The van der Waals surface area contributed by atoms with Crippen molar-refractivity contribution in [1.82, 2.24) is 4.90 Å². The van der Waals surface area contributed by atoms with Gasteiger partial charge >= 0.3 is 0 Å². The molecule has 10 heavy (non-hydrogen) atoms. The average Bonchev–Trinajstić information content (AvgIpc) is 2.04. The molecule has 0 atom stereocenters. The molecular formula is C8H10N2. The Bertz CT molecular complexity index is 201. The zero-order chi connectivity index (χ0) is 7.40. The Hall–Kier alpha value is -1.31. The van der Waals surface area contributed by atoms with Crippen molar-refractivity contribution in [2.24, 2.45) is 4.99 Å². The predicted molar refractivity (Wildman–Crippen MR) is 43.7 cm³/mol. The summed E-state index contributed by atoms with van der Waals surface area (Å²) in [5.41, 5.74) is 0. The summed E-state index contributed by atoms with van der Waals surface area (Å²) in [5.74, 6) is 0.859. The van der Waals surface area contributed by atoms with Gasteiger partial charge in [0, 0.05) is 12.4 Å². The Morgan fingerprint density at radius 2 is 2.40 bits per heavy atom. The third kappa shape index (κ3) is 1.16. The molecule has 0 aliphatic carbocycles. The number of aliphatic imine (C=N–C) groups is 1. The number of hydrogen-bond acceptors (Lipinski definition) is 2. The zero-order valence-electron chi connectivity index (χ0n) is 5.83. The lowest BCUT2D eigenvalue weighted by molar-refractivity contribution is 0.742. The molecule has 0 spiro atoms. The average molecular weight is 134 g/mol. The Labute approximate surface area is 60.9 Å². The molecule has 0 N–H and O–H groups in total. The minimum atomic E-state index is 0.742. The van der Waals surface area contributed by atoms with Crippen LogP contribution in [-0.4, -0.2) is 17.3 Å². The van der Waals surface area contributed by atoms with E-state index in [-0.39, 0.29) is 0 Å². The topological polar surface area (TPSA) is 15.6 Å². The highest BCUT2D eigenvalue weighted by Crippen LogP contribution is 2.00. The molecule has 0 saturated heterocycles. The number of hydrogen-bond donors (Lipinski definition) is 0. The maximum Gasteiger partial charge on any atom is 0.131 e. The van der Waals surface area contributed by atoms with Gasteiger partial charge in [0.1, 0.15) is 5.84 Å². The molecule has 0 aromatic carbocycles. The van der Waals surface area contributed by atoms with Crippen LogP contribution in [0.4, 0.5) is 0 Å². The fraction of sp³-hybridized carbons (Fsp3) is 0.125. The summed E-state index contributed by atoms with van der Waals surface area (Å²) >= 11 is 0. The van der Waals surface area contributed by atoms with Crippen LogP contribution in [0, 0.1) is 0 Å². The maximum absolute atomic E-state index is 4.17. The Balaban J connectivity index is 2.77. The number of nitrogens with zero attached hydrogens (tertiary/aromatic N) is 2. The molecule has 52 valence electrons. The van der Waals surface area contributed by atoms with E-state index in [2.05, 4.69) is 18.2 Å². The SMILES string of the molecule is C=CC1=NCC=CN1C=C. The van der Waals surface area contributed by atoms with Crippen LogP contribution < -0.4 is 0 Å². The highest BCUT2D eigenvalue weighted by atomic mass is 15.2. The Morgan fingerprint density at radius 1 is 1.60 bits per heavy atom. The minimum absolute atomic E-state index is 0.742. The molecule has 0 unspecified atom stereocenters. The zero-order valence-corrected chi connectivity index (χ0v) is 5.83. The van der Waals surface area contributed by atoms with Crippen molar-refractivity contribution >= 4 is 5.84 Å². The third-order valence-electron chi connectivity index (χ3n) is 1.27. The van der Waals surface area contributed by atoms with Crippen LogP contribution in [0.2, 0.25) is 0 Å². The highest BCUT2D eigenvalue weighted by molar-refractivity contribution is 5.94. The van der Waals surface area contributed by atoms with Crippen molar-refractivity contribution in [1.29, 1.82) is 0 Å². The first kappa shape index (κ1) is 6.81. The molecule has 0 aromatic heterocycles. The predicted octanol–water partition coefficient (Wildman–Crippen LogP) is 1.54. The van der Waals surface area contributed by atoms with Gasteiger partial charge in [0.15, 0.2) is 0 Å². The van der Waals surface area contributed by atoms with Crippen LogP contribution in [0.3, 0.4) is 0 Å². The van der Waals surface area contributed by atoms with E-state index in [1.54, 1.807) is 12.3 Å². The van der Waals surface area contributed by atoms with Crippen LogP contribution >= 0.6 is 0 Å². The van der Waals surface area contributed by atoms with Crippen LogP contribution in [0.25, 0.3) is 0 Å². The van der Waals surface area contributed by atoms with Gasteiger partial charge in [-0.15, -0.1) is 0 Å². The molecule has 0 amide bonds. The first-order chi connectivity index (χ1) is 4.88. The highest BCUT2D eigenvalue weighted by Gasteiger charge is 2.01. The summed E-state index contributed by atoms with van der Waals surface area (Å²) in [5, 5.41) is 0. The van der Waals surface area contributed by atoms with E-state index in [0.717, 1.165) is 12.4 Å². The van der Waals surface area contributed by atoms with Gasteiger partial charge < -0.3 is 4.90 Å². The summed E-state index contributed by atoms with van der Waals surface area (Å²) in [7, 11) is 0. The summed E-state index contributed by atoms with van der Waals surface area (Å²) < 4.78 is 0. The largest absolute Gasteiger partial charge is 0.310 e. The van der Waals surface area contributed by atoms with Gasteiger partial charge in [-0.3, -0.25) is 4.99 Å². The second-order valence-corrected chi connectivity index (χ2v) is 1.88. The van der Waals surface area contributed by atoms with Crippen molar-refractivity contribution in [3.63, 3.8) is 0 Å². The lowest BCUT2D eigenvalue weighted by Crippen LogP contribution is -2.20. The van der Waals surface area contributed by atoms with E-state index in [1.807, 2.05) is 17.2 Å². The fourth-order valence-electron chi connectivity index (χ4n) is 0.789. The Morgan fingerprint density at radius 3 is 2.90 bits per heavy atom. The number of rotatable bonds is 2. The van der Waals surface area contributed by atoms with Crippen LogP contribution in [0.15, 0.2) is 42.7 Å². The van der Waals surface area contributed by atoms with Gasteiger partial charge in [-0.1, -0.05) is 13.2 Å². The first-order valence-electron chi connectivity index (χ1n) is 3.13. The second-order valence-electron chi connectivity index (χ2n) is 1.88. The second kappa shape index (κ2) is 3.01. The molecule has 1 aliphatic heterocycles. The van der Waals surface area contributed by atoms with E-state index >= 15 is 0 Å². The quantitative estimate of drug-likeness (QED) is 0.559. The van der Waals surface area contributed by atoms with Gasteiger partial charge in [-0.25, -0.2) is 0 Å². The van der Waals surface area contributed by atoms with E-state index in [9.17, 15) is 0 Å². The molecule has 1 rings (SSSR count). The van der Waals surface area contributed by atoms with Crippen LogP contribution in [-0.2, 0) is 0 Å². The van der Waals surface area contributed by atoms with Crippen molar-refractivity contribution in [3.05, 3.63) is 37.7 Å². The van der Waals surface area contributed by atoms with Crippen LogP contribution in [0.1, 0.15) is 0 Å². The van der Waals surface area contributed by atoms with Crippen molar-refractivity contribution < 1.29 is 0 Å². The normalized spacial score (nSPS) is 16.4. The summed E-state index contributed by atoms with van der Waals surface area (Å²) in [6, 6.07) is 0. The van der Waals surface area contributed by atoms with Gasteiger partial charge in [-0.2, -0.15) is 0 Å². The third-order valence-corrected chi connectivity index (χ3v) is 1.27. The molecule has 2 heteroatoms. The Kier molecular flexibility index (Phi) is 2.05. The molecule has 0 radical (unpaired) electrons. The smallest absolute Gasteiger partial charge is 0.131 e.